The van der Waals surface area contributed by atoms with Crippen molar-refractivity contribution >= 4 is 0 Å². The van der Waals surface area contributed by atoms with Crippen LogP contribution >= 0.6 is 0 Å². The number of rotatable bonds is 4. The minimum atomic E-state index is -4.66. The number of hydrogen-bond acceptors (Lipinski definition) is 3. The van der Waals surface area contributed by atoms with Gasteiger partial charge in [-0.05, 0) is 67.5 Å². The number of hydrogen-bond donors (Lipinski definition) is 0. The average Bonchev–Trinajstić information content (AvgIpc) is 2.98. The normalized spacial score (nSPS) is 14.0. The Morgan fingerprint density at radius 2 is 1.82 bits per heavy atom. The molecular formula is C22H23F3N2O. The summed E-state index contributed by atoms with van der Waals surface area (Å²) < 4.78 is 40.7. The van der Waals surface area contributed by atoms with E-state index in [9.17, 15) is 13.2 Å². The summed E-state index contributed by atoms with van der Waals surface area (Å²) in [6, 6.07) is 10.3. The molecule has 1 aliphatic heterocycles. The van der Waals surface area contributed by atoms with Crippen LogP contribution in [-0.2, 0) is 19.6 Å². The van der Waals surface area contributed by atoms with Crippen molar-refractivity contribution in [3.8, 4) is 17.6 Å². The first-order chi connectivity index (χ1) is 13.2. The van der Waals surface area contributed by atoms with Gasteiger partial charge in [-0.1, -0.05) is 24.0 Å². The first-order valence-electron chi connectivity index (χ1n) is 9.02. The predicted octanol–water partition coefficient (Wildman–Crippen LogP) is 4.32. The number of alkyl halides is 3. The van der Waals surface area contributed by atoms with E-state index in [-0.39, 0.29) is 5.75 Å². The van der Waals surface area contributed by atoms with Crippen LogP contribution in [-0.4, -0.2) is 36.8 Å². The van der Waals surface area contributed by atoms with Crippen LogP contribution in [0.4, 0.5) is 13.2 Å². The molecule has 0 atom stereocenters. The summed E-state index contributed by atoms with van der Waals surface area (Å²) in [6.45, 7) is 5.12. The van der Waals surface area contributed by atoms with E-state index in [1.54, 1.807) is 12.1 Å². The van der Waals surface area contributed by atoms with E-state index in [1.165, 1.54) is 28.8 Å². The second-order valence-corrected chi connectivity index (χ2v) is 7.31. The van der Waals surface area contributed by atoms with Gasteiger partial charge in [0.05, 0.1) is 6.54 Å². The fourth-order valence-corrected chi connectivity index (χ4v) is 3.32. The van der Waals surface area contributed by atoms with Crippen LogP contribution in [0.5, 0.6) is 5.75 Å². The molecule has 0 saturated heterocycles. The Morgan fingerprint density at radius 1 is 1.11 bits per heavy atom. The van der Waals surface area contributed by atoms with E-state index < -0.39 is 6.36 Å². The van der Waals surface area contributed by atoms with Crippen molar-refractivity contribution < 1.29 is 17.9 Å². The molecule has 28 heavy (non-hydrogen) atoms. The van der Waals surface area contributed by atoms with Crippen molar-refractivity contribution in [1.29, 1.82) is 0 Å². The van der Waals surface area contributed by atoms with Crippen LogP contribution in [0, 0.1) is 18.8 Å². The Balaban J connectivity index is 1.66. The lowest BCUT2D eigenvalue weighted by Gasteiger charge is -2.15. The Bertz CT molecular complexity index is 893. The third-order valence-corrected chi connectivity index (χ3v) is 4.53. The molecule has 0 spiro atoms. The maximum Gasteiger partial charge on any atom is 0.573 e. The van der Waals surface area contributed by atoms with E-state index in [4.69, 9.17) is 0 Å². The van der Waals surface area contributed by atoms with Gasteiger partial charge >= 0.3 is 6.36 Å². The second-order valence-electron chi connectivity index (χ2n) is 7.31. The molecule has 6 heteroatoms. The van der Waals surface area contributed by atoms with Crippen LogP contribution in [0.2, 0.25) is 0 Å². The number of nitrogens with zero attached hydrogens (tertiary/aromatic N) is 2. The summed E-state index contributed by atoms with van der Waals surface area (Å²) >= 11 is 0. The zero-order valence-corrected chi connectivity index (χ0v) is 16.2. The highest BCUT2D eigenvalue weighted by Gasteiger charge is 2.31. The molecule has 0 saturated carbocycles. The molecule has 1 aliphatic rings. The van der Waals surface area contributed by atoms with Gasteiger partial charge in [-0.2, -0.15) is 0 Å². The van der Waals surface area contributed by atoms with Gasteiger partial charge in [0, 0.05) is 25.2 Å². The van der Waals surface area contributed by atoms with Gasteiger partial charge in [-0.25, -0.2) is 0 Å². The molecule has 3 nitrogen and oxygen atoms in total. The van der Waals surface area contributed by atoms with E-state index in [1.807, 2.05) is 19.0 Å². The van der Waals surface area contributed by atoms with Gasteiger partial charge in [0.2, 0.25) is 0 Å². The van der Waals surface area contributed by atoms with Crippen molar-refractivity contribution in [3.05, 3.63) is 64.2 Å². The lowest BCUT2D eigenvalue weighted by atomic mass is 10.0. The molecular weight excluding hydrogens is 365 g/mol. The molecule has 2 aromatic carbocycles. The number of fused-ring (bicyclic) bond motifs is 1. The first kappa shape index (κ1) is 20.2. The minimum Gasteiger partial charge on any atom is -0.406 e. The van der Waals surface area contributed by atoms with E-state index in [2.05, 4.69) is 40.5 Å². The highest BCUT2D eigenvalue weighted by Crippen LogP contribution is 2.29. The fourth-order valence-electron chi connectivity index (χ4n) is 3.32. The molecule has 0 bridgehead atoms. The Kier molecular flexibility index (Phi) is 5.97. The Labute approximate surface area is 163 Å². The summed E-state index contributed by atoms with van der Waals surface area (Å²) in [7, 11) is 3.98. The average molecular weight is 388 g/mol. The summed E-state index contributed by atoms with van der Waals surface area (Å²) in [4.78, 5) is 4.30. The van der Waals surface area contributed by atoms with Gasteiger partial charge in [0.1, 0.15) is 5.75 Å². The number of halogens is 3. The Morgan fingerprint density at radius 3 is 2.46 bits per heavy atom. The maximum atomic E-state index is 12.3. The molecule has 0 aliphatic carbocycles. The lowest BCUT2D eigenvalue weighted by Crippen LogP contribution is -2.17. The fraction of sp³-hybridized carbons (Fsp3) is 0.364. The molecule has 2 aromatic rings. The van der Waals surface area contributed by atoms with Crippen LogP contribution in [0.15, 0.2) is 36.4 Å². The predicted molar refractivity (Wildman–Crippen MR) is 103 cm³/mol. The zero-order chi connectivity index (χ0) is 20.3. The standard InChI is InChI=1S/C22H23F3N2O/c1-16-11-18(5-4-10-26(2)3)12-19-14-27(15-21(16)19)13-17-6-8-20(9-7-17)28-22(23,24)25/h6-9,11-12H,10,13-15H2,1-3H3. The lowest BCUT2D eigenvalue weighted by molar-refractivity contribution is -0.274. The molecule has 148 valence electrons. The molecule has 3 rings (SSSR count). The third kappa shape index (κ3) is 5.51. The third-order valence-electron chi connectivity index (χ3n) is 4.53. The summed E-state index contributed by atoms with van der Waals surface area (Å²) in [5.74, 6) is 6.19. The number of ether oxygens (including phenoxy) is 1. The van der Waals surface area contributed by atoms with Crippen molar-refractivity contribution in [2.75, 3.05) is 20.6 Å². The van der Waals surface area contributed by atoms with Crippen LogP contribution in [0.3, 0.4) is 0 Å². The molecule has 0 unspecified atom stereocenters. The molecule has 0 N–H and O–H groups in total. The molecule has 0 aromatic heterocycles. The first-order valence-corrected chi connectivity index (χ1v) is 9.02. The summed E-state index contributed by atoms with van der Waals surface area (Å²) in [5, 5.41) is 0. The van der Waals surface area contributed by atoms with Crippen LogP contribution in [0.25, 0.3) is 0 Å². The van der Waals surface area contributed by atoms with Crippen LogP contribution in [0.1, 0.15) is 27.8 Å². The highest BCUT2D eigenvalue weighted by atomic mass is 19.4. The van der Waals surface area contributed by atoms with Crippen molar-refractivity contribution in [2.24, 2.45) is 0 Å². The van der Waals surface area contributed by atoms with Gasteiger partial charge < -0.3 is 4.74 Å². The molecule has 0 radical (unpaired) electrons. The van der Waals surface area contributed by atoms with Gasteiger partial charge in [0.25, 0.3) is 0 Å². The second kappa shape index (κ2) is 8.26. The molecule has 1 heterocycles. The largest absolute Gasteiger partial charge is 0.573 e. The van der Waals surface area contributed by atoms with E-state index >= 15 is 0 Å². The highest BCUT2D eigenvalue weighted by molar-refractivity contribution is 5.47. The topological polar surface area (TPSA) is 15.7 Å². The van der Waals surface area contributed by atoms with Crippen molar-refractivity contribution in [3.63, 3.8) is 0 Å². The van der Waals surface area contributed by atoms with Gasteiger partial charge in [-0.15, -0.1) is 13.2 Å². The van der Waals surface area contributed by atoms with Crippen LogP contribution < -0.4 is 4.74 Å². The monoisotopic (exact) mass is 388 g/mol. The summed E-state index contributed by atoms with van der Waals surface area (Å²) in [5.41, 5.74) is 5.78. The van der Waals surface area contributed by atoms with Gasteiger partial charge in [-0.3, -0.25) is 9.80 Å². The number of benzene rings is 2. The zero-order valence-electron chi connectivity index (χ0n) is 16.2. The van der Waals surface area contributed by atoms with Gasteiger partial charge in [0.15, 0.2) is 0 Å². The summed E-state index contributed by atoms with van der Waals surface area (Å²) in [6.07, 6.45) is -4.66. The van der Waals surface area contributed by atoms with Crippen molar-refractivity contribution in [1.82, 2.24) is 9.80 Å². The molecule has 0 amide bonds. The quantitative estimate of drug-likeness (QED) is 0.726. The molecule has 0 fully saturated rings. The van der Waals surface area contributed by atoms with Crippen molar-refractivity contribution in [2.45, 2.75) is 32.9 Å². The van der Waals surface area contributed by atoms with E-state index in [0.717, 1.165) is 30.8 Å². The van der Waals surface area contributed by atoms with E-state index in [0.29, 0.717) is 6.54 Å². The Hall–Kier alpha value is -2.49. The maximum absolute atomic E-state index is 12.3. The SMILES string of the molecule is Cc1cc(C#CCN(C)C)cc2c1CN(Cc1ccc(OC(F)(F)F)cc1)C2. The minimum absolute atomic E-state index is 0.197. The number of aryl methyl sites for hydroxylation is 1. The smallest absolute Gasteiger partial charge is 0.406 e.